The van der Waals surface area contributed by atoms with Crippen molar-refractivity contribution >= 4 is 17.1 Å². The predicted octanol–water partition coefficient (Wildman–Crippen LogP) is 1.76. The summed E-state index contributed by atoms with van der Waals surface area (Å²) in [7, 11) is 0. The minimum absolute atomic E-state index is 0.00947. The molecule has 0 bridgehead atoms. The van der Waals surface area contributed by atoms with E-state index in [2.05, 4.69) is 27.9 Å². The van der Waals surface area contributed by atoms with Crippen molar-refractivity contribution in [2.24, 2.45) is 0 Å². The average Bonchev–Trinajstić information content (AvgIpc) is 3.33. The summed E-state index contributed by atoms with van der Waals surface area (Å²) in [6.45, 7) is 3.94. The second-order valence-electron chi connectivity index (χ2n) is 5.89. The van der Waals surface area contributed by atoms with Crippen molar-refractivity contribution in [3.63, 3.8) is 0 Å². The fourth-order valence-corrected chi connectivity index (χ4v) is 3.00. The minimum Gasteiger partial charge on any atom is -0.395 e. The third-order valence-corrected chi connectivity index (χ3v) is 4.26. The van der Waals surface area contributed by atoms with Gasteiger partial charge < -0.3 is 19.9 Å². The average molecular weight is 316 g/mol. The van der Waals surface area contributed by atoms with Gasteiger partial charge in [0.25, 0.3) is 0 Å². The van der Waals surface area contributed by atoms with Gasteiger partial charge in [-0.25, -0.2) is 9.78 Å². The maximum Gasteiger partial charge on any atom is 0.317 e. The number of nitrogens with zero attached hydrogens (tertiary/aromatic N) is 3. The first-order valence-electron chi connectivity index (χ1n) is 8.34. The first-order valence-corrected chi connectivity index (χ1v) is 8.34. The Balaban J connectivity index is 1.61. The van der Waals surface area contributed by atoms with Gasteiger partial charge >= 0.3 is 6.03 Å². The van der Waals surface area contributed by atoms with Crippen molar-refractivity contribution in [3.05, 3.63) is 30.1 Å². The quantitative estimate of drug-likeness (QED) is 0.818. The number of nitrogens with one attached hydrogen (secondary N) is 1. The number of aromatic nitrogens is 2. The molecule has 3 rings (SSSR count). The van der Waals surface area contributed by atoms with E-state index in [1.807, 2.05) is 18.2 Å². The van der Waals surface area contributed by atoms with Crippen LogP contribution >= 0.6 is 0 Å². The highest BCUT2D eigenvalue weighted by molar-refractivity contribution is 5.76. The smallest absolute Gasteiger partial charge is 0.317 e. The molecule has 0 aliphatic heterocycles. The molecule has 0 saturated heterocycles. The second kappa shape index (κ2) is 7.00. The molecule has 0 spiro atoms. The van der Waals surface area contributed by atoms with E-state index in [4.69, 9.17) is 5.11 Å². The Morgan fingerprint density at radius 2 is 2.22 bits per heavy atom. The Morgan fingerprint density at radius 3 is 2.91 bits per heavy atom. The lowest BCUT2D eigenvalue weighted by atomic mass is 10.3. The topological polar surface area (TPSA) is 70.4 Å². The van der Waals surface area contributed by atoms with E-state index >= 15 is 0 Å². The van der Waals surface area contributed by atoms with E-state index < -0.39 is 0 Å². The maximum atomic E-state index is 12.2. The third-order valence-electron chi connectivity index (χ3n) is 4.26. The van der Waals surface area contributed by atoms with Crippen LogP contribution in [0.5, 0.6) is 0 Å². The molecule has 1 fully saturated rings. The molecule has 2 amide bonds. The van der Waals surface area contributed by atoms with Crippen molar-refractivity contribution in [2.45, 2.75) is 38.8 Å². The van der Waals surface area contributed by atoms with E-state index in [0.717, 1.165) is 36.2 Å². The summed E-state index contributed by atoms with van der Waals surface area (Å²) in [5.41, 5.74) is 2.13. The zero-order valence-corrected chi connectivity index (χ0v) is 13.5. The predicted molar refractivity (Wildman–Crippen MR) is 89.3 cm³/mol. The number of aliphatic hydroxyl groups excluding tert-OH is 1. The SMILES string of the molecule is CCn1c(CCNC(=O)N(CCO)C2CC2)nc2ccccc21. The van der Waals surface area contributed by atoms with Crippen LogP contribution in [0.2, 0.25) is 0 Å². The second-order valence-corrected chi connectivity index (χ2v) is 5.89. The van der Waals surface area contributed by atoms with E-state index in [9.17, 15) is 4.79 Å². The number of amides is 2. The van der Waals surface area contributed by atoms with Crippen LogP contribution < -0.4 is 5.32 Å². The van der Waals surface area contributed by atoms with Gasteiger partial charge in [0.05, 0.1) is 17.6 Å². The molecule has 1 aromatic heterocycles. The Labute approximate surface area is 136 Å². The van der Waals surface area contributed by atoms with Gasteiger partial charge in [0.1, 0.15) is 5.82 Å². The molecule has 2 N–H and O–H groups in total. The number of fused-ring (bicyclic) bond motifs is 1. The van der Waals surface area contributed by atoms with Gasteiger partial charge in [0.15, 0.2) is 0 Å². The molecular weight excluding hydrogens is 292 g/mol. The highest BCUT2D eigenvalue weighted by Crippen LogP contribution is 2.26. The number of urea groups is 1. The standard InChI is InChI=1S/C17H24N4O2/c1-2-20-15-6-4-3-5-14(15)19-16(20)9-10-18-17(23)21(11-12-22)13-7-8-13/h3-6,13,22H,2,7-12H2,1H3,(H,18,23). The zero-order valence-electron chi connectivity index (χ0n) is 13.5. The van der Waals surface area contributed by atoms with Crippen LogP contribution in [0.4, 0.5) is 4.79 Å². The molecule has 1 saturated carbocycles. The lowest BCUT2D eigenvalue weighted by Crippen LogP contribution is -2.43. The van der Waals surface area contributed by atoms with Crippen molar-refractivity contribution < 1.29 is 9.90 Å². The number of hydrogen-bond acceptors (Lipinski definition) is 3. The molecule has 0 atom stereocenters. The molecule has 124 valence electrons. The number of carbonyl (C=O) groups excluding carboxylic acids is 1. The van der Waals surface area contributed by atoms with E-state index in [0.29, 0.717) is 25.6 Å². The molecular formula is C17H24N4O2. The van der Waals surface area contributed by atoms with Gasteiger partial charge in [-0.3, -0.25) is 0 Å². The van der Waals surface area contributed by atoms with Gasteiger partial charge in [-0.1, -0.05) is 12.1 Å². The van der Waals surface area contributed by atoms with Gasteiger partial charge in [-0.2, -0.15) is 0 Å². The van der Waals surface area contributed by atoms with E-state index in [1.54, 1.807) is 4.90 Å². The summed E-state index contributed by atoms with van der Waals surface area (Å²) in [5, 5.41) is 12.0. The number of para-hydroxylation sites is 2. The molecule has 0 unspecified atom stereocenters. The molecule has 6 nitrogen and oxygen atoms in total. The largest absolute Gasteiger partial charge is 0.395 e. The Hall–Kier alpha value is -2.08. The van der Waals surface area contributed by atoms with E-state index in [1.165, 1.54) is 0 Å². The van der Waals surface area contributed by atoms with Crippen LogP contribution in [0.3, 0.4) is 0 Å². The van der Waals surface area contributed by atoms with Crippen molar-refractivity contribution in [2.75, 3.05) is 19.7 Å². The molecule has 1 aliphatic rings. The highest BCUT2D eigenvalue weighted by Gasteiger charge is 2.31. The summed E-state index contributed by atoms with van der Waals surface area (Å²) in [6, 6.07) is 8.32. The number of benzene rings is 1. The van der Waals surface area contributed by atoms with E-state index in [-0.39, 0.29) is 12.6 Å². The molecule has 6 heteroatoms. The van der Waals surface area contributed by atoms with Gasteiger partial charge in [0.2, 0.25) is 0 Å². The fourth-order valence-electron chi connectivity index (χ4n) is 3.00. The normalized spacial score (nSPS) is 14.2. The minimum atomic E-state index is -0.0827. The summed E-state index contributed by atoms with van der Waals surface area (Å²) in [6.07, 6.45) is 2.78. The van der Waals surface area contributed by atoms with Gasteiger partial charge in [-0.05, 0) is 31.9 Å². The van der Waals surface area contributed by atoms with Crippen molar-refractivity contribution in [1.82, 2.24) is 19.8 Å². The lowest BCUT2D eigenvalue weighted by Gasteiger charge is -2.21. The zero-order chi connectivity index (χ0) is 16.2. The number of aliphatic hydroxyl groups is 1. The van der Waals surface area contributed by atoms with Crippen LogP contribution in [0.25, 0.3) is 11.0 Å². The summed E-state index contributed by atoms with van der Waals surface area (Å²) in [5.74, 6) is 0.995. The molecule has 1 aromatic carbocycles. The van der Waals surface area contributed by atoms with Crippen LogP contribution in [-0.2, 0) is 13.0 Å². The van der Waals surface area contributed by atoms with Crippen LogP contribution in [0.1, 0.15) is 25.6 Å². The molecule has 1 heterocycles. The monoisotopic (exact) mass is 316 g/mol. The summed E-state index contributed by atoms with van der Waals surface area (Å²) >= 11 is 0. The van der Waals surface area contributed by atoms with Crippen molar-refractivity contribution in [3.8, 4) is 0 Å². The first-order chi connectivity index (χ1) is 11.2. The number of imidazole rings is 1. The number of hydrogen-bond donors (Lipinski definition) is 2. The Bertz CT molecular complexity index is 678. The first kappa shape index (κ1) is 15.8. The van der Waals surface area contributed by atoms with Gasteiger partial charge in [-0.15, -0.1) is 0 Å². The van der Waals surface area contributed by atoms with Crippen LogP contribution in [0, 0.1) is 0 Å². The van der Waals surface area contributed by atoms with Crippen LogP contribution in [0.15, 0.2) is 24.3 Å². The van der Waals surface area contributed by atoms with Crippen molar-refractivity contribution in [1.29, 1.82) is 0 Å². The number of aryl methyl sites for hydroxylation is 1. The molecule has 23 heavy (non-hydrogen) atoms. The maximum absolute atomic E-state index is 12.2. The summed E-state index contributed by atoms with van der Waals surface area (Å²) < 4.78 is 2.19. The fraction of sp³-hybridized carbons (Fsp3) is 0.529. The lowest BCUT2D eigenvalue weighted by molar-refractivity contribution is 0.174. The molecule has 2 aromatic rings. The van der Waals surface area contributed by atoms with Gasteiger partial charge in [0, 0.05) is 32.1 Å². The summed E-state index contributed by atoms with van der Waals surface area (Å²) in [4.78, 5) is 18.6. The number of carbonyl (C=O) groups is 1. The Kier molecular flexibility index (Phi) is 4.81. The Morgan fingerprint density at radius 1 is 1.43 bits per heavy atom. The van der Waals surface area contributed by atoms with Crippen LogP contribution in [-0.4, -0.2) is 51.3 Å². The molecule has 0 radical (unpaired) electrons. The third kappa shape index (κ3) is 3.47. The highest BCUT2D eigenvalue weighted by atomic mass is 16.3. The number of rotatable bonds is 7. The molecule has 1 aliphatic carbocycles.